The Morgan fingerprint density at radius 3 is 2.74 bits per heavy atom. The number of hydrogen-bond acceptors (Lipinski definition) is 3. The first-order chi connectivity index (χ1) is 13.0. The van der Waals surface area contributed by atoms with Gasteiger partial charge in [-0.2, -0.15) is 0 Å². The molecule has 0 unspecified atom stereocenters. The van der Waals surface area contributed by atoms with Crippen LogP contribution in [0.3, 0.4) is 0 Å². The van der Waals surface area contributed by atoms with Gasteiger partial charge in [-0.15, -0.1) is 0 Å². The van der Waals surface area contributed by atoms with E-state index in [1.807, 2.05) is 13.0 Å². The van der Waals surface area contributed by atoms with Crippen LogP contribution in [0.2, 0.25) is 5.02 Å². The van der Waals surface area contributed by atoms with Crippen LogP contribution in [0.25, 0.3) is 22.6 Å². The van der Waals surface area contributed by atoms with Gasteiger partial charge < -0.3 is 9.73 Å². The van der Waals surface area contributed by atoms with Crippen molar-refractivity contribution in [2.24, 2.45) is 0 Å². The summed E-state index contributed by atoms with van der Waals surface area (Å²) in [5.41, 5.74) is 3.31. The molecule has 134 valence electrons. The molecule has 0 spiro atoms. The van der Waals surface area contributed by atoms with Gasteiger partial charge in [-0.25, -0.2) is 9.37 Å². The van der Waals surface area contributed by atoms with Crippen LogP contribution in [-0.2, 0) is 0 Å². The van der Waals surface area contributed by atoms with E-state index in [4.69, 9.17) is 16.0 Å². The molecule has 0 aliphatic rings. The molecular weight excluding hydrogens is 367 g/mol. The predicted molar refractivity (Wildman–Crippen MR) is 104 cm³/mol. The van der Waals surface area contributed by atoms with E-state index in [-0.39, 0.29) is 5.56 Å². The van der Waals surface area contributed by atoms with Crippen molar-refractivity contribution in [2.45, 2.75) is 6.92 Å². The molecule has 0 bridgehead atoms. The van der Waals surface area contributed by atoms with Crippen molar-refractivity contribution >= 4 is 34.3 Å². The molecule has 0 radical (unpaired) electrons. The lowest BCUT2D eigenvalue weighted by Gasteiger charge is -2.11. The second kappa shape index (κ2) is 6.85. The summed E-state index contributed by atoms with van der Waals surface area (Å²) in [4.78, 5) is 16.9. The number of oxazole rings is 1. The van der Waals surface area contributed by atoms with Gasteiger partial charge in [0.05, 0.1) is 5.56 Å². The number of amides is 1. The second-order valence-electron chi connectivity index (χ2n) is 6.04. The van der Waals surface area contributed by atoms with Crippen LogP contribution < -0.4 is 5.32 Å². The fourth-order valence-electron chi connectivity index (χ4n) is 2.85. The van der Waals surface area contributed by atoms with Crippen LogP contribution >= 0.6 is 11.6 Å². The molecule has 4 aromatic rings. The molecule has 0 saturated carbocycles. The Morgan fingerprint density at radius 2 is 1.93 bits per heavy atom. The molecule has 3 aromatic carbocycles. The summed E-state index contributed by atoms with van der Waals surface area (Å²) in [7, 11) is 0. The zero-order valence-electron chi connectivity index (χ0n) is 14.3. The lowest BCUT2D eigenvalue weighted by atomic mass is 10.1. The normalized spacial score (nSPS) is 10.9. The number of anilines is 1. The van der Waals surface area contributed by atoms with E-state index >= 15 is 0 Å². The highest BCUT2D eigenvalue weighted by atomic mass is 35.5. The van der Waals surface area contributed by atoms with Crippen LogP contribution in [0.4, 0.5) is 10.1 Å². The standard InChI is InChI=1S/C21H14ClFN2O2/c1-12-14(21-25-18-11-13(22)9-10-19(18)27-21)6-4-8-17(12)24-20(26)15-5-2-3-7-16(15)23/h2-11H,1H3,(H,24,26). The molecule has 6 heteroatoms. The first-order valence-electron chi connectivity index (χ1n) is 8.25. The third-order valence-corrected chi connectivity index (χ3v) is 4.52. The summed E-state index contributed by atoms with van der Waals surface area (Å²) in [6, 6.07) is 16.4. The van der Waals surface area contributed by atoms with Crippen molar-refractivity contribution in [3.63, 3.8) is 0 Å². The smallest absolute Gasteiger partial charge is 0.258 e. The molecule has 0 saturated heterocycles. The van der Waals surface area contributed by atoms with Crippen LogP contribution in [0.15, 0.2) is 65.1 Å². The maximum Gasteiger partial charge on any atom is 0.258 e. The molecule has 1 heterocycles. The van der Waals surface area contributed by atoms with E-state index in [0.717, 1.165) is 11.1 Å². The number of rotatable bonds is 3. The maximum atomic E-state index is 13.8. The number of benzene rings is 3. The van der Waals surface area contributed by atoms with Gasteiger partial charge in [0.1, 0.15) is 11.3 Å². The summed E-state index contributed by atoms with van der Waals surface area (Å²) in [5.74, 6) is -0.663. The molecular formula is C21H14ClFN2O2. The first-order valence-corrected chi connectivity index (χ1v) is 8.62. The Morgan fingerprint density at radius 1 is 1.11 bits per heavy atom. The molecule has 0 aliphatic heterocycles. The Bertz CT molecular complexity index is 1170. The van der Waals surface area contributed by atoms with Gasteiger partial charge in [-0.05, 0) is 55.0 Å². The molecule has 0 aliphatic carbocycles. The number of nitrogens with zero attached hydrogens (tertiary/aromatic N) is 1. The van der Waals surface area contributed by atoms with Gasteiger partial charge in [-0.3, -0.25) is 4.79 Å². The van der Waals surface area contributed by atoms with E-state index in [1.54, 1.807) is 36.4 Å². The fourth-order valence-corrected chi connectivity index (χ4v) is 3.02. The minimum atomic E-state index is -0.570. The van der Waals surface area contributed by atoms with Crippen molar-refractivity contribution < 1.29 is 13.6 Å². The lowest BCUT2D eigenvalue weighted by molar-refractivity contribution is 0.102. The Balaban J connectivity index is 1.70. The van der Waals surface area contributed by atoms with Crippen LogP contribution in [0.1, 0.15) is 15.9 Å². The van der Waals surface area contributed by atoms with Crippen LogP contribution in [0, 0.1) is 12.7 Å². The molecule has 4 rings (SSSR count). The first kappa shape index (κ1) is 17.2. The Kier molecular flexibility index (Phi) is 4.38. The quantitative estimate of drug-likeness (QED) is 0.485. The summed E-state index contributed by atoms with van der Waals surface area (Å²) < 4.78 is 19.7. The highest BCUT2D eigenvalue weighted by Crippen LogP contribution is 2.31. The maximum absolute atomic E-state index is 13.8. The highest BCUT2D eigenvalue weighted by Gasteiger charge is 2.16. The number of aromatic nitrogens is 1. The molecule has 4 nitrogen and oxygen atoms in total. The third-order valence-electron chi connectivity index (χ3n) is 4.28. The largest absolute Gasteiger partial charge is 0.436 e. The topological polar surface area (TPSA) is 55.1 Å². The Labute approximate surface area is 159 Å². The number of carbonyl (C=O) groups is 1. The SMILES string of the molecule is Cc1c(NC(=O)c2ccccc2F)cccc1-c1nc2cc(Cl)ccc2o1. The van der Waals surface area contributed by atoms with E-state index < -0.39 is 11.7 Å². The second-order valence-corrected chi connectivity index (χ2v) is 6.48. The number of hydrogen-bond donors (Lipinski definition) is 1. The van der Waals surface area contributed by atoms with Gasteiger partial charge in [0.25, 0.3) is 5.91 Å². The minimum Gasteiger partial charge on any atom is -0.436 e. The molecule has 1 aromatic heterocycles. The van der Waals surface area contributed by atoms with Gasteiger partial charge in [0, 0.05) is 16.3 Å². The number of fused-ring (bicyclic) bond motifs is 1. The fraction of sp³-hybridized carbons (Fsp3) is 0.0476. The van der Waals surface area contributed by atoms with Crippen LogP contribution in [0.5, 0.6) is 0 Å². The van der Waals surface area contributed by atoms with Crippen molar-refractivity contribution in [3.8, 4) is 11.5 Å². The van der Waals surface area contributed by atoms with Crippen molar-refractivity contribution in [1.82, 2.24) is 4.98 Å². The average Bonchev–Trinajstić information content (AvgIpc) is 3.06. The number of nitrogens with one attached hydrogen (secondary N) is 1. The predicted octanol–water partition coefficient (Wildman–Crippen LogP) is 5.85. The molecule has 1 N–H and O–H groups in total. The monoisotopic (exact) mass is 380 g/mol. The molecule has 1 amide bonds. The number of halogens is 2. The lowest BCUT2D eigenvalue weighted by Crippen LogP contribution is -2.14. The molecule has 0 atom stereocenters. The van der Waals surface area contributed by atoms with Crippen molar-refractivity contribution in [1.29, 1.82) is 0 Å². The number of carbonyl (C=O) groups excluding carboxylic acids is 1. The third kappa shape index (κ3) is 3.29. The highest BCUT2D eigenvalue weighted by molar-refractivity contribution is 6.31. The molecule has 27 heavy (non-hydrogen) atoms. The zero-order valence-corrected chi connectivity index (χ0v) is 15.0. The van der Waals surface area contributed by atoms with Gasteiger partial charge in [-0.1, -0.05) is 29.8 Å². The minimum absolute atomic E-state index is 0.0150. The summed E-state index contributed by atoms with van der Waals surface area (Å²) >= 11 is 6.00. The van der Waals surface area contributed by atoms with E-state index in [2.05, 4.69) is 10.3 Å². The van der Waals surface area contributed by atoms with Crippen LogP contribution in [-0.4, -0.2) is 10.9 Å². The summed E-state index contributed by atoms with van der Waals surface area (Å²) in [6.45, 7) is 1.84. The van der Waals surface area contributed by atoms with Gasteiger partial charge >= 0.3 is 0 Å². The van der Waals surface area contributed by atoms with Gasteiger partial charge in [0.2, 0.25) is 5.89 Å². The van der Waals surface area contributed by atoms with Crippen molar-refractivity contribution in [2.75, 3.05) is 5.32 Å². The van der Waals surface area contributed by atoms with Crippen molar-refractivity contribution in [3.05, 3.63) is 82.6 Å². The molecule has 0 fully saturated rings. The Hall–Kier alpha value is -3.18. The summed E-state index contributed by atoms with van der Waals surface area (Å²) in [5, 5.41) is 3.32. The summed E-state index contributed by atoms with van der Waals surface area (Å²) in [6.07, 6.45) is 0. The van der Waals surface area contributed by atoms with E-state index in [0.29, 0.717) is 27.7 Å². The van der Waals surface area contributed by atoms with Gasteiger partial charge in [0.15, 0.2) is 5.58 Å². The van der Waals surface area contributed by atoms with E-state index in [9.17, 15) is 9.18 Å². The van der Waals surface area contributed by atoms with E-state index in [1.165, 1.54) is 18.2 Å². The average molecular weight is 381 g/mol. The zero-order chi connectivity index (χ0) is 19.0.